The van der Waals surface area contributed by atoms with Gasteiger partial charge in [-0.05, 0) is 87.2 Å². The van der Waals surface area contributed by atoms with Crippen LogP contribution in [-0.4, -0.2) is 59.1 Å². The molecule has 0 radical (unpaired) electrons. The highest BCUT2D eigenvalue weighted by atomic mass is 16.5. The number of aliphatic hydroxyl groups is 2. The van der Waals surface area contributed by atoms with Gasteiger partial charge in [0.05, 0.1) is 19.0 Å². The number of aryl methyl sites for hydroxylation is 1. The smallest absolute Gasteiger partial charge is 0.330 e. The molecule has 5 N–H and O–H groups in total. The topological polar surface area (TPSA) is 199 Å². The van der Waals surface area contributed by atoms with Crippen LogP contribution in [-0.2, 0) is 11.2 Å². The molecule has 8 atom stereocenters. The second-order valence-electron chi connectivity index (χ2n) is 14.5. The summed E-state index contributed by atoms with van der Waals surface area (Å²) in [5.41, 5.74) is 6.56. The van der Waals surface area contributed by atoms with E-state index >= 15 is 0 Å². The number of hydrogen-bond acceptors (Lipinski definition) is 10. The number of aromatic amines is 1. The molecule has 0 spiro atoms. The largest absolute Gasteiger partial charge is 0.393 e. The number of nitrogens with two attached hydrogens (primary N) is 1. The first-order valence-electron chi connectivity index (χ1n) is 17.0. The first-order chi connectivity index (χ1) is 23.8. The van der Waals surface area contributed by atoms with Gasteiger partial charge in [0.15, 0.2) is 12.0 Å². The fourth-order valence-corrected chi connectivity index (χ4v) is 9.09. The monoisotopic (exact) mass is 684 g/mol. The van der Waals surface area contributed by atoms with Gasteiger partial charge in [-0.2, -0.15) is 0 Å². The van der Waals surface area contributed by atoms with Crippen molar-refractivity contribution >= 4 is 12.0 Å². The Labute approximate surface area is 289 Å². The van der Waals surface area contributed by atoms with Crippen LogP contribution in [0.3, 0.4) is 0 Å². The van der Waals surface area contributed by atoms with Crippen molar-refractivity contribution in [2.45, 2.75) is 83.6 Å². The molecule has 0 saturated heterocycles. The molecule has 13 heteroatoms. The summed E-state index contributed by atoms with van der Waals surface area (Å²) in [5.74, 6) is 5.08. The maximum absolute atomic E-state index is 11.5. The zero-order valence-electron chi connectivity index (χ0n) is 28.5. The molecule has 0 aromatic carbocycles. The lowest BCUT2D eigenvalue weighted by molar-refractivity contribution is -0.0975. The Hall–Kier alpha value is -4.64. The fourth-order valence-electron chi connectivity index (χ4n) is 9.09. The van der Waals surface area contributed by atoms with Crippen LogP contribution in [0.5, 0.6) is 0 Å². The van der Waals surface area contributed by atoms with Gasteiger partial charge in [0.25, 0.3) is 11.5 Å². The van der Waals surface area contributed by atoms with Crippen LogP contribution in [0.2, 0.25) is 0 Å². The van der Waals surface area contributed by atoms with E-state index in [4.69, 9.17) is 26.5 Å². The van der Waals surface area contributed by atoms with Crippen LogP contribution >= 0.6 is 0 Å². The number of aromatic nitrogens is 5. The van der Waals surface area contributed by atoms with Crippen molar-refractivity contribution in [1.82, 2.24) is 24.7 Å². The van der Waals surface area contributed by atoms with Crippen molar-refractivity contribution in [3.63, 3.8) is 0 Å². The van der Waals surface area contributed by atoms with Gasteiger partial charge in [0.1, 0.15) is 17.4 Å². The van der Waals surface area contributed by atoms with Crippen molar-refractivity contribution in [2.24, 2.45) is 34.3 Å². The van der Waals surface area contributed by atoms with Gasteiger partial charge in [-0.15, -0.1) is 6.42 Å². The third kappa shape index (κ3) is 6.16. The van der Waals surface area contributed by atoms with E-state index in [0.29, 0.717) is 23.3 Å². The minimum atomic E-state index is -0.909. The molecule has 0 bridgehead atoms. The van der Waals surface area contributed by atoms with Crippen LogP contribution in [0.4, 0.5) is 0 Å². The molecule has 3 saturated carbocycles. The average molecular weight is 685 g/mol. The van der Waals surface area contributed by atoms with Gasteiger partial charge < -0.3 is 25.2 Å². The lowest BCUT2D eigenvalue weighted by atomic mass is 9.46. The number of terminal acetylenes is 1. The zero-order valence-corrected chi connectivity index (χ0v) is 28.5. The normalized spacial score (nSPS) is 33.1. The highest BCUT2D eigenvalue weighted by Crippen LogP contribution is 2.67. The number of hydrogen-bond donors (Lipinski definition) is 4. The van der Waals surface area contributed by atoms with E-state index in [1.165, 1.54) is 41.3 Å². The number of fused-ring (bicyclic) bond motifs is 6. The fraction of sp³-hybridized carbons (Fsp3) is 0.514. The van der Waals surface area contributed by atoms with E-state index < -0.39 is 35.1 Å². The molecule has 5 aliphatic rings. The lowest BCUT2D eigenvalue weighted by Crippen LogP contribution is -2.54. The van der Waals surface area contributed by atoms with Gasteiger partial charge >= 0.3 is 5.69 Å². The summed E-state index contributed by atoms with van der Waals surface area (Å²) in [6, 6.07) is 0. The number of nitrogens with zero attached hydrogens (tertiary/aromatic N) is 4. The summed E-state index contributed by atoms with van der Waals surface area (Å²) in [4.78, 5) is 42.5. The minimum Gasteiger partial charge on any atom is -0.393 e. The van der Waals surface area contributed by atoms with Crippen LogP contribution < -0.4 is 17.0 Å². The number of aliphatic hydroxyl groups excluding tert-OH is 1. The highest BCUT2D eigenvalue weighted by Gasteiger charge is 2.63. The summed E-state index contributed by atoms with van der Waals surface area (Å²) in [5, 5.41) is 24.0. The Morgan fingerprint density at radius 2 is 1.94 bits per heavy atom. The molecule has 13 nitrogen and oxygen atoms in total. The van der Waals surface area contributed by atoms with Gasteiger partial charge in [0.2, 0.25) is 0 Å². The van der Waals surface area contributed by atoms with E-state index in [1.54, 1.807) is 24.6 Å². The highest BCUT2D eigenvalue weighted by molar-refractivity contribution is 5.90. The summed E-state index contributed by atoms with van der Waals surface area (Å²) in [6.45, 7) is 6.19. The second kappa shape index (κ2) is 13.6. The maximum atomic E-state index is 11.5. The van der Waals surface area contributed by atoms with Crippen LogP contribution in [0, 0.1) is 47.9 Å². The van der Waals surface area contributed by atoms with E-state index in [9.17, 15) is 19.5 Å². The first-order valence-corrected chi connectivity index (χ1v) is 17.0. The predicted molar refractivity (Wildman–Crippen MR) is 183 cm³/mol. The van der Waals surface area contributed by atoms with Gasteiger partial charge in [-0.25, -0.2) is 9.78 Å². The molecule has 3 aromatic heterocycles. The maximum Gasteiger partial charge on any atom is 0.330 e. The van der Waals surface area contributed by atoms with Gasteiger partial charge in [-0.3, -0.25) is 24.1 Å². The molecule has 1 amide bonds. The van der Waals surface area contributed by atoms with Crippen LogP contribution in [0.15, 0.2) is 62.8 Å². The zero-order chi connectivity index (χ0) is 35.8. The number of primary amides is 1. The van der Waals surface area contributed by atoms with Gasteiger partial charge in [0, 0.05) is 35.1 Å². The Morgan fingerprint density at radius 3 is 2.60 bits per heavy atom. The minimum absolute atomic E-state index is 0.114. The molecule has 1 aliphatic heterocycles. The number of nitrogens with one attached hydrogen (secondary N) is 1. The standard InChI is InChI=1S/C22H27NO2.C10H12N2O4.C5H5N3O/c1-4-22(24)10-8-18-16-6-5-15-11-19-14(13-23-25-19)12-20(15,2)17(16)7-9-21(18,22)3;1-6-4-12(10(15)11-9(6)14)8-3-2-7(5-13)16-8;6-5(9)4-3-7-1-2-8-4/h1,11,13,16-18,24H,5-10,12H2,2-3H3;2-4,7-8,13H,5H2,1H3,(H,11,14,15);1-3H,(H2,6,9)/t16-,17+,18+,20+,21+,22+;7-,8+;/m10./s1. The lowest BCUT2D eigenvalue weighted by Gasteiger charge is -2.58. The molecule has 3 fully saturated rings. The number of amides is 1. The number of H-pyrrole nitrogens is 1. The van der Waals surface area contributed by atoms with Crippen molar-refractivity contribution in [1.29, 1.82) is 0 Å². The Balaban J connectivity index is 0.000000148. The quantitative estimate of drug-likeness (QED) is 0.235. The van der Waals surface area contributed by atoms with Gasteiger partial charge in [-0.1, -0.05) is 36.6 Å². The molecule has 4 heterocycles. The molecular weight excluding hydrogens is 640 g/mol. The summed E-state index contributed by atoms with van der Waals surface area (Å²) in [7, 11) is 0. The number of allylic oxidation sites excluding steroid dienone is 1. The third-order valence-electron chi connectivity index (χ3n) is 11.9. The number of ether oxygens (including phenoxy) is 1. The molecule has 8 rings (SSSR count). The molecule has 4 aliphatic carbocycles. The van der Waals surface area contributed by atoms with E-state index in [0.717, 1.165) is 44.3 Å². The van der Waals surface area contributed by atoms with Crippen molar-refractivity contribution in [3.8, 4) is 12.3 Å². The Bertz CT molecular complexity index is 1960. The summed E-state index contributed by atoms with van der Waals surface area (Å²) >= 11 is 0. The number of rotatable bonds is 3. The number of carbonyl (C=O) groups excluding carboxylic acids is 1. The SMILES string of the molecule is C#C[C@]1(O)CC[C@H]2[C@@H]3CCC4=Cc5oncc5C[C@]4(C)[C@H]3CC[C@@]21C.Cc1cn([C@H]2C=C[C@@H](CO)O2)c(=O)[nH]c1=O.NC(=O)c1cnccn1. The van der Waals surface area contributed by atoms with E-state index in [1.807, 2.05) is 6.20 Å². The van der Waals surface area contributed by atoms with Crippen molar-refractivity contribution in [2.75, 3.05) is 6.61 Å². The Kier molecular flexibility index (Phi) is 9.56. The molecule has 0 unspecified atom stereocenters. The summed E-state index contributed by atoms with van der Waals surface area (Å²) < 4.78 is 12.1. The average Bonchev–Trinajstić information content (AvgIpc) is 3.84. The molecule has 3 aromatic rings. The van der Waals surface area contributed by atoms with E-state index in [2.05, 4.69) is 46.0 Å². The third-order valence-corrected chi connectivity index (χ3v) is 11.9. The second-order valence-corrected chi connectivity index (χ2v) is 14.5. The van der Waals surface area contributed by atoms with Crippen LogP contribution in [0.25, 0.3) is 6.08 Å². The molecule has 264 valence electrons. The predicted octanol–water partition coefficient (Wildman–Crippen LogP) is 3.09. The first kappa shape index (κ1) is 35.2. The van der Waals surface area contributed by atoms with Crippen LogP contribution in [0.1, 0.15) is 86.0 Å². The molecular formula is C37H44N6O7. The summed E-state index contributed by atoms with van der Waals surface area (Å²) in [6.07, 6.45) is 25.4. The molecule has 50 heavy (non-hydrogen) atoms. The van der Waals surface area contributed by atoms with Crippen molar-refractivity contribution < 1.29 is 24.3 Å². The number of carbonyl (C=O) groups is 1. The van der Waals surface area contributed by atoms with E-state index in [-0.39, 0.29) is 23.1 Å². The Morgan fingerprint density at radius 1 is 1.16 bits per heavy atom. The van der Waals surface area contributed by atoms with Crippen molar-refractivity contribution in [3.05, 3.63) is 92.1 Å².